The molecule has 2 aromatic rings. The largest absolute Gasteiger partial charge is 0.299 e. The molecule has 0 unspecified atom stereocenters. The third-order valence-electron chi connectivity index (χ3n) is 3.83. The van der Waals surface area contributed by atoms with E-state index in [1.54, 1.807) is 6.07 Å². The van der Waals surface area contributed by atoms with E-state index < -0.39 is 23.3 Å². The van der Waals surface area contributed by atoms with Gasteiger partial charge in [0.2, 0.25) is 6.54 Å². The molecule has 22 heavy (non-hydrogen) atoms. The van der Waals surface area contributed by atoms with Crippen LogP contribution in [0.5, 0.6) is 0 Å². The van der Waals surface area contributed by atoms with Crippen molar-refractivity contribution in [1.29, 1.82) is 0 Å². The maximum absolute atomic E-state index is 11.8. The van der Waals surface area contributed by atoms with Gasteiger partial charge in [-0.25, -0.2) is 0 Å². The fourth-order valence-electron chi connectivity index (χ4n) is 2.86. The summed E-state index contributed by atoms with van der Waals surface area (Å²) in [6, 6.07) is 13.1. The Balaban J connectivity index is 2.52. The summed E-state index contributed by atoms with van der Waals surface area (Å²) in [6.45, 7) is 2.17. The minimum Gasteiger partial charge on any atom is -0.299 e. The van der Waals surface area contributed by atoms with E-state index in [-0.39, 0.29) is 11.6 Å². The molecule has 5 nitrogen and oxygen atoms in total. The Morgan fingerprint density at radius 2 is 1.64 bits per heavy atom. The van der Waals surface area contributed by atoms with Gasteiger partial charge in [-0.05, 0) is 30.2 Å². The maximum Gasteiger partial charge on any atom is 0.211 e. The third-order valence-corrected chi connectivity index (χ3v) is 3.83. The molecule has 0 amide bonds. The van der Waals surface area contributed by atoms with Gasteiger partial charge in [0, 0.05) is 4.92 Å². The first-order chi connectivity index (χ1) is 10.4. The van der Waals surface area contributed by atoms with Crippen molar-refractivity contribution < 1.29 is 14.5 Å². The number of nitrogens with zero attached hydrogens (tertiary/aromatic N) is 1. The lowest BCUT2D eigenvalue weighted by molar-refractivity contribution is -0.484. The molecule has 5 heteroatoms. The van der Waals surface area contributed by atoms with Gasteiger partial charge in [-0.15, -0.1) is 0 Å². The highest BCUT2D eigenvalue weighted by molar-refractivity contribution is 6.01. The van der Waals surface area contributed by atoms with E-state index in [0.29, 0.717) is 5.56 Å². The second-order valence-corrected chi connectivity index (χ2v) is 5.43. The van der Waals surface area contributed by atoms with E-state index in [1.807, 2.05) is 36.4 Å². The highest BCUT2D eigenvalue weighted by atomic mass is 16.6. The molecule has 0 saturated heterocycles. The van der Waals surface area contributed by atoms with E-state index in [2.05, 4.69) is 0 Å². The zero-order valence-corrected chi connectivity index (χ0v) is 12.5. The molecule has 114 valence electrons. The molecule has 1 atom stereocenters. The monoisotopic (exact) mass is 299 g/mol. The Labute approximate surface area is 128 Å². The third kappa shape index (κ3) is 3.36. The average Bonchev–Trinajstić information content (AvgIpc) is 2.44. The number of ketones is 2. The molecule has 0 N–H and O–H groups in total. The molecule has 0 aromatic heterocycles. The summed E-state index contributed by atoms with van der Waals surface area (Å²) in [5, 5.41) is 12.9. The van der Waals surface area contributed by atoms with Crippen molar-refractivity contribution in [3.05, 3.63) is 58.1 Å². The van der Waals surface area contributed by atoms with Crippen LogP contribution in [0.1, 0.15) is 25.3 Å². The molecule has 0 aliphatic carbocycles. The summed E-state index contributed by atoms with van der Waals surface area (Å²) in [5.74, 6) is -2.40. The first-order valence-electron chi connectivity index (χ1n) is 7.01. The van der Waals surface area contributed by atoms with E-state index in [0.717, 1.165) is 10.8 Å². The molecule has 0 bridgehead atoms. The summed E-state index contributed by atoms with van der Waals surface area (Å²) in [4.78, 5) is 34.1. The first-order valence-corrected chi connectivity index (χ1v) is 7.01. The summed E-state index contributed by atoms with van der Waals surface area (Å²) >= 11 is 0. The van der Waals surface area contributed by atoms with E-state index in [1.165, 1.54) is 13.8 Å². The lowest BCUT2D eigenvalue weighted by atomic mass is 9.81. The number of hydrogen-bond acceptors (Lipinski definition) is 4. The van der Waals surface area contributed by atoms with Crippen molar-refractivity contribution in [2.45, 2.75) is 19.8 Å². The molecule has 2 aromatic carbocycles. The van der Waals surface area contributed by atoms with Crippen LogP contribution in [0.2, 0.25) is 0 Å². The van der Waals surface area contributed by atoms with Gasteiger partial charge in [0.15, 0.2) is 0 Å². The van der Waals surface area contributed by atoms with Crippen molar-refractivity contribution in [3.63, 3.8) is 0 Å². The molecular formula is C17H17NO4. The smallest absolute Gasteiger partial charge is 0.211 e. The highest BCUT2D eigenvalue weighted by Crippen LogP contribution is 2.29. The van der Waals surface area contributed by atoms with E-state index in [4.69, 9.17) is 0 Å². The molecule has 0 spiro atoms. The van der Waals surface area contributed by atoms with Gasteiger partial charge in [-0.2, -0.15) is 0 Å². The molecular weight excluding hydrogens is 282 g/mol. The minimum absolute atomic E-state index is 0.340. The summed E-state index contributed by atoms with van der Waals surface area (Å²) in [5.41, 5.74) is 0.644. The SMILES string of the molecule is CC(=O)C(C(C)=O)[C@@H](C[N+](=O)[O-])c1ccc2ccccc2c1. The van der Waals surface area contributed by atoms with Gasteiger partial charge < -0.3 is 0 Å². The molecule has 0 heterocycles. The molecule has 0 radical (unpaired) electrons. The lowest BCUT2D eigenvalue weighted by Crippen LogP contribution is -2.31. The van der Waals surface area contributed by atoms with Gasteiger partial charge in [-0.3, -0.25) is 19.7 Å². The van der Waals surface area contributed by atoms with E-state index in [9.17, 15) is 19.7 Å². The van der Waals surface area contributed by atoms with Crippen LogP contribution in [-0.4, -0.2) is 23.0 Å². The number of nitro groups is 1. The van der Waals surface area contributed by atoms with Crippen molar-refractivity contribution in [1.82, 2.24) is 0 Å². The van der Waals surface area contributed by atoms with Crippen molar-refractivity contribution in [2.75, 3.05) is 6.54 Å². The number of carbonyl (C=O) groups is 2. The van der Waals surface area contributed by atoms with Crippen LogP contribution in [0, 0.1) is 16.0 Å². The number of benzene rings is 2. The zero-order chi connectivity index (χ0) is 16.3. The van der Waals surface area contributed by atoms with Crippen LogP contribution in [-0.2, 0) is 9.59 Å². The predicted molar refractivity (Wildman–Crippen MR) is 83.4 cm³/mol. The van der Waals surface area contributed by atoms with Crippen LogP contribution in [0.15, 0.2) is 42.5 Å². The molecule has 2 rings (SSSR count). The number of Topliss-reactive ketones (excluding diaryl/α,β-unsaturated/α-hetero) is 2. The second kappa shape index (κ2) is 6.47. The van der Waals surface area contributed by atoms with Crippen LogP contribution >= 0.6 is 0 Å². The van der Waals surface area contributed by atoms with Crippen LogP contribution in [0.25, 0.3) is 10.8 Å². The maximum atomic E-state index is 11.8. The zero-order valence-electron chi connectivity index (χ0n) is 12.5. The van der Waals surface area contributed by atoms with Crippen molar-refractivity contribution in [2.24, 2.45) is 5.92 Å². The van der Waals surface area contributed by atoms with Gasteiger partial charge in [0.1, 0.15) is 11.6 Å². The van der Waals surface area contributed by atoms with Gasteiger partial charge >= 0.3 is 0 Å². The number of hydrogen-bond donors (Lipinski definition) is 0. The van der Waals surface area contributed by atoms with Crippen molar-refractivity contribution >= 4 is 22.3 Å². The van der Waals surface area contributed by atoms with Gasteiger partial charge in [0.25, 0.3) is 0 Å². The summed E-state index contributed by atoms with van der Waals surface area (Å²) in [6.07, 6.45) is 0. The van der Waals surface area contributed by atoms with E-state index >= 15 is 0 Å². The predicted octanol–water partition coefficient (Wildman–Crippen LogP) is 2.99. The normalized spacial score (nSPS) is 12.3. The highest BCUT2D eigenvalue weighted by Gasteiger charge is 2.34. The fraction of sp³-hybridized carbons (Fsp3) is 0.294. The van der Waals surface area contributed by atoms with Gasteiger partial charge in [-0.1, -0.05) is 42.5 Å². The Morgan fingerprint density at radius 1 is 1.05 bits per heavy atom. The number of fused-ring (bicyclic) bond motifs is 1. The summed E-state index contributed by atoms with van der Waals surface area (Å²) < 4.78 is 0. The number of carbonyl (C=O) groups excluding carboxylic acids is 2. The van der Waals surface area contributed by atoms with Crippen LogP contribution in [0.4, 0.5) is 0 Å². The Bertz CT molecular complexity index is 724. The van der Waals surface area contributed by atoms with Crippen molar-refractivity contribution in [3.8, 4) is 0 Å². The quantitative estimate of drug-likeness (QED) is 0.466. The van der Waals surface area contributed by atoms with Crippen LogP contribution < -0.4 is 0 Å². The molecule has 0 aliphatic heterocycles. The lowest BCUT2D eigenvalue weighted by Gasteiger charge is -2.20. The van der Waals surface area contributed by atoms with Crippen LogP contribution in [0.3, 0.4) is 0 Å². The molecule has 0 fully saturated rings. The Kier molecular flexibility index (Phi) is 4.65. The molecule has 0 aliphatic rings. The average molecular weight is 299 g/mol. The van der Waals surface area contributed by atoms with Gasteiger partial charge in [0.05, 0.1) is 11.8 Å². The number of rotatable bonds is 6. The second-order valence-electron chi connectivity index (χ2n) is 5.43. The molecule has 0 saturated carbocycles. The first kappa shape index (κ1) is 15.8. The Hall–Kier alpha value is -2.56. The fourth-order valence-corrected chi connectivity index (χ4v) is 2.86. The standard InChI is InChI=1S/C17H17NO4/c1-11(19)17(12(2)20)16(10-18(21)22)15-8-7-13-5-3-4-6-14(13)9-15/h3-9,16-17H,10H2,1-2H3/t16-/m0/s1. The summed E-state index contributed by atoms with van der Waals surface area (Å²) in [7, 11) is 0. The minimum atomic E-state index is -0.980. The topological polar surface area (TPSA) is 77.3 Å². The Morgan fingerprint density at radius 3 is 2.18 bits per heavy atom.